The van der Waals surface area contributed by atoms with Crippen LogP contribution in [0.4, 0.5) is 0 Å². The highest BCUT2D eigenvalue weighted by Gasteiger charge is 2.41. The van der Waals surface area contributed by atoms with Crippen molar-refractivity contribution in [3.63, 3.8) is 0 Å². The fourth-order valence-corrected chi connectivity index (χ4v) is 4.93. The van der Waals surface area contributed by atoms with E-state index < -0.39 is 0 Å². The maximum Gasteiger partial charge on any atom is 0.0685 e. The summed E-state index contributed by atoms with van der Waals surface area (Å²) in [5.41, 5.74) is 6.74. The van der Waals surface area contributed by atoms with Crippen molar-refractivity contribution in [1.29, 1.82) is 0 Å². The molecule has 1 saturated heterocycles. The molecule has 1 spiro atoms. The number of rotatable bonds is 1. The summed E-state index contributed by atoms with van der Waals surface area (Å²) in [6.45, 7) is 0.994. The second-order valence-electron chi connectivity index (χ2n) is 7.31. The molecule has 3 rings (SSSR count). The lowest BCUT2D eigenvalue weighted by Gasteiger charge is -2.46. The monoisotopic (exact) mass is 265 g/mol. The summed E-state index contributed by atoms with van der Waals surface area (Å²) >= 11 is 0. The Morgan fingerprint density at radius 2 is 1.58 bits per heavy atom. The highest BCUT2D eigenvalue weighted by molar-refractivity contribution is 4.93. The zero-order chi connectivity index (χ0) is 13.1. The van der Waals surface area contributed by atoms with Gasteiger partial charge < -0.3 is 10.5 Å². The van der Waals surface area contributed by atoms with Gasteiger partial charge in [0, 0.05) is 12.6 Å². The van der Waals surface area contributed by atoms with Gasteiger partial charge in [-0.2, -0.15) is 0 Å². The smallest absolute Gasteiger partial charge is 0.0685 e. The lowest BCUT2D eigenvalue weighted by atomic mass is 9.70. The van der Waals surface area contributed by atoms with Crippen LogP contribution in [-0.4, -0.2) is 18.2 Å². The van der Waals surface area contributed by atoms with Gasteiger partial charge in [0.15, 0.2) is 0 Å². The summed E-state index contributed by atoms with van der Waals surface area (Å²) in [7, 11) is 0. The molecule has 2 nitrogen and oxygen atoms in total. The molecule has 2 N–H and O–H groups in total. The van der Waals surface area contributed by atoms with Gasteiger partial charge in [0.05, 0.1) is 5.60 Å². The summed E-state index contributed by atoms with van der Waals surface area (Å²) in [6, 6.07) is 0.464. The van der Waals surface area contributed by atoms with Gasteiger partial charge in [-0.15, -0.1) is 0 Å². The van der Waals surface area contributed by atoms with E-state index in [1.54, 1.807) is 0 Å². The molecule has 0 aromatic rings. The van der Waals surface area contributed by atoms with Gasteiger partial charge >= 0.3 is 0 Å². The van der Waals surface area contributed by atoms with E-state index in [9.17, 15) is 0 Å². The molecule has 1 aliphatic heterocycles. The van der Waals surface area contributed by atoms with E-state index in [1.165, 1.54) is 77.0 Å². The van der Waals surface area contributed by atoms with Crippen LogP contribution in [0.1, 0.15) is 77.0 Å². The summed E-state index contributed by atoms with van der Waals surface area (Å²) in [5.74, 6) is 1.63. The Labute approximate surface area is 118 Å². The molecule has 3 fully saturated rings. The summed E-state index contributed by atoms with van der Waals surface area (Å²) in [6.07, 6.45) is 16.2. The normalized spacial score (nSPS) is 39.9. The lowest BCUT2D eigenvalue weighted by Crippen LogP contribution is -2.46. The Balaban J connectivity index is 1.66. The molecule has 2 saturated carbocycles. The van der Waals surface area contributed by atoms with Crippen LogP contribution in [0.5, 0.6) is 0 Å². The molecule has 3 unspecified atom stereocenters. The standard InChI is InChI=1S/C17H31NO/c18-16-8-4-1-3-7-15(16)14-9-12-19-17(13-14)10-5-2-6-11-17/h14-16H,1-13,18H2. The van der Waals surface area contributed by atoms with Crippen molar-refractivity contribution in [2.75, 3.05) is 6.61 Å². The second-order valence-corrected chi connectivity index (χ2v) is 7.31. The van der Waals surface area contributed by atoms with Crippen LogP contribution in [-0.2, 0) is 4.74 Å². The van der Waals surface area contributed by atoms with Crippen LogP contribution in [0.15, 0.2) is 0 Å². The van der Waals surface area contributed by atoms with Gasteiger partial charge in [0.25, 0.3) is 0 Å². The fourth-order valence-electron chi connectivity index (χ4n) is 4.93. The van der Waals surface area contributed by atoms with Crippen LogP contribution >= 0.6 is 0 Å². The van der Waals surface area contributed by atoms with E-state index in [2.05, 4.69) is 0 Å². The molecule has 2 aliphatic carbocycles. The van der Waals surface area contributed by atoms with Crippen molar-refractivity contribution >= 4 is 0 Å². The van der Waals surface area contributed by atoms with Crippen molar-refractivity contribution in [3.05, 3.63) is 0 Å². The van der Waals surface area contributed by atoms with Crippen molar-refractivity contribution in [1.82, 2.24) is 0 Å². The average molecular weight is 265 g/mol. The molecular weight excluding hydrogens is 234 g/mol. The Hall–Kier alpha value is -0.0800. The van der Waals surface area contributed by atoms with Gasteiger partial charge in [-0.1, -0.05) is 38.5 Å². The molecule has 0 radical (unpaired) electrons. The molecule has 19 heavy (non-hydrogen) atoms. The Morgan fingerprint density at radius 3 is 2.42 bits per heavy atom. The second kappa shape index (κ2) is 6.13. The Bertz CT molecular complexity index is 279. The molecule has 0 amide bonds. The first-order valence-electron chi connectivity index (χ1n) is 8.69. The molecule has 110 valence electrons. The Kier molecular flexibility index (Phi) is 4.48. The SMILES string of the molecule is NC1CCCCCC1C1CCOC2(CCCCC2)C1. The van der Waals surface area contributed by atoms with E-state index in [0.29, 0.717) is 6.04 Å². The van der Waals surface area contributed by atoms with Crippen LogP contribution in [0.3, 0.4) is 0 Å². The third-order valence-electron chi connectivity index (χ3n) is 6.03. The van der Waals surface area contributed by atoms with Crippen LogP contribution in [0, 0.1) is 11.8 Å². The number of nitrogens with two attached hydrogens (primary N) is 1. The fraction of sp³-hybridized carbons (Fsp3) is 1.00. The maximum atomic E-state index is 6.49. The molecule has 3 aliphatic rings. The largest absolute Gasteiger partial charge is 0.375 e. The van der Waals surface area contributed by atoms with Crippen LogP contribution in [0.25, 0.3) is 0 Å². The van der Waals surface area contributed by atoms with Crippen molar-refractivity contribution in [3.8, 4) is 0 Å². The lowest BCUT2D eigenvalue weighted by molar-refractivity contribution is -0.126. The van der Waals surface area contributed by atoms with Crippen molar-refractivity contribution in [2.24, 2.45) is 17.6 Å². The van der Waals surface area contributed by atoms with Gasteiger partial charge in [-0.05, 0) is 50.4 Å². The van der Waals surface area contributed by atoms with E-state index in [-0.39, 0.29) is 5.60 Å². The summed E-state index contributed by atoms with van der Waals surface area (Å²) < 4.78 is 6.25. The maximum absolute atomic E-state index is 6.49. The van der Waals surface area contributed by atoms with E-state index in [0.717, 1.165) is 18.4 Å². The van der Waals surface area contributed by atoms with Gasteiger partial charge in [0.1, 0.15) is 0 Å². The first-order valence-corrected chi connectivity index (χ1v) is 8.69. The minimum Gasteiger partial charge on any atom is -0.375 e. The zero-order valence-corrected chi connectivity index (χ0v) is 12.4. The minimum atomic E-state index is 0.257. The Morgan fingerprint density at radius 1 is 0.842 bits per heavy atom. The average Bonchev–Trinajstić information content (AvgIpc) is 2.64. The van der Waals surface area contributed by atoms with Crippen LogP contribution < -0.4 is 5.73 Å². The summed E-state index contributed by atoms with van der Waals surface area (Å²) in [5, 5.41) is 0. The number of ether oxygens (including phenoxy) is 1. The zero-order valence-electron chi connectivity index (χ0n) is 12.4. The summed E-state index contributed by atoms with van der Waals surface area (Å²) in [4.78, 5) is 0. The molecule has 2 heteroatoms. The van der Waals surface area contributed by atoms with Crippen molar-refractivity contribution in [2.45, 2.75) is 88.7 Å². The van der Waals surface area contributed by atoms with Crippen LogP contribution in [0.2, 0.25) is 0 Å². The third kappa shape index (κ3) is 3.16. The highest BCUT2D eigenvalue weighted by atomic mass is 16.5. The van der Waals surface area contributed by atoms with E-state index >= 15 is 0 Å². The predicted octanol–water partition coefficient (Wildman–Crippen LogP) is 4.02. The third-order valence-corrected chi connectivity index (χ3v) is 6.03. The number of hydrogen-bond donors (Lipinski definition) is 1. The van der Waals surface area contributed by atoms with Gasteiger partial charge in [0.2, 0.25) is 0 Å². The first kappa shape index (κ1) is 13.9. The molecule has 0 aromatic heterocycles. The molecule has 0 aromatic carbocycles. The quantitative estimate of drug-likeness (QED) is 0.727. The predicted molar refractivity (Wildman–Crippen MR) is 79.0 cm³/mol. The molecular formula is C17H31NO. The van der Waals surface area contributed by atoms with E-state index in [1.807, 2.05) is 0 Å². The van der Waals surface area contributed by atoms with Gasteiger partial charge in [-0.3, -0.25) is 0 Å². The van der Waals surface area contributed by atoms with Gasteiger partial charge in [-0.25, -0.2) is 0 Å². The van der Waals surface area contributed by atoms with Crippen molar-refractivity contribution < 1.29 is 4.74 Å². The topological polar surface area (TPSA) is 35.2 Å². The first-order chi connectivity index (χ1) is 9.29. The van der Waals surface area contributed by atoms with E-state index in [4.69, 9.17) is 10.5 Å². The molecule has 0 bridgehead atoms. The number of hydrogen-bond acceptors (Lipinski definition) is 2. The minimum absolute atomic E-state index is 0.257. The molecule has 3 atom stereocenters. The molecule has 1 heterocycles. The highest BCUT2D eigenvalue weighted by Crippen LogP contribution is 2.45.